The van der Waals surface area contributed by atoms with Crippen LogP contribution >= 0.6 is 0 Å². The summed E-state index contributed by atoms with van der Waals surface area (Å²) in [5.74, 6) is 1.00. The Hall–Kier alpha value is -3.46. The number of nitrogens with two attached hydrogens (primary N) is 1. The molecule has 6 nitrogen and oxygen atoms in total. The molecule has 0 saturated heterocycles. The summed E-state index contributed by atoms with van der Waals surface area (Å²) in [5, 5.41) is 22.4. The fraction of sp³-hybridized carbons (Fsp3) is 0.0588. The molecule has 4 rings (SSSR count). The van der Waals surface area contributed by atoms with Crippen LogP contribution in [0.3, 0.4) is 0 Å². The smallest absolute Gasteiger partial charge is 0.210 e. The molecule has 1 aliphatic heterocycles. The highest BCUT2D eigenvalue weighted by atomic mass is 16.3. The van der Waals surface area contributed by atoms with E-state index in [1.165, 1.54) is 0 Å². The Labute approximate surface area is 132 Å². The van der Waals surface area contributed by atoms with Crippen LogP contribution in [0.4, 0.5) is 5.95 Å². The second kappa shape index (κ2) is 4.78. The van der Waals surface area contributed by atoms with Crippen molar-refractivity contribution in [1.29, 1.82) is 5.26 Å². The molecule has 0 radical (unpaired) electrons. The number of phenols is 1. The lowest BCUT2D eigenvalue weighted by Crippen LogP contribution is -2.27. The Kier molecular flexibility index (Phi) is 2.75. The van der Waals surface area contributed by atoms with Gasteiger partial charge in [0.15, 0.2) is 0 Å². The lowest BCUT2D eigenvalue weighted by Gasteiger charge is -2.27. The number of allylic oxidation sites excluding steroid dienone is 1. The number of imidazole rings is 1. The quantitative estimate of drug-likeness (QED) is 0.641. The molecule has 112 valence electrons. The number of benzene rings is 2. The Morgan fingerprint density at radius 3 is 2.83 bits per heavy atom. The van der Waals surface area contributed by atoms with Crippen molar-refractivity contribution in [2.75, 3.05) is 5.32 Å². The van der Waals surface area contributed by atoms with E-state index in [-0.39, 0.29) is 11.6 Å². The fourth-order valence-corrected chi connectivity index (χ4v) is 2.99. The summed E-state index contributed by atoms with van der Waals surface area (Å²) in [4.78, 5) is 4.54. The number of para-hydroxylation sites is 2. The molecule has 0 aliphatic carbocycles. The third kappa shape index (κ3) is 1.91. The molecule has 1 atom stereocenters. The molecule has 1 aromatic heterocycles. The Morgan fingerprint density at radius 2 is 2.04 bits per heavy atom. The SMILES string of the molecule is N#CC1=C(N)Nc2nc3ccccc3n2C1c1cccc(O)c1. The normalized spacial score (nSPS) is 16.7. The van der Waals surface area contributed by atoms with Crippen LogP contribution in [0.2, 0.25) is 0 Å². The van der Waals surface area contributed by atoms with Gasteiger partial charge in [0.1, 0.15) is 23.7 Å². The summed E-state index contributed by atoms with van der Waals surface area (Å²) >= 11 is 0. The van der Waals surface area contributed by atoms with E-state index < -0.39 is 6.04 Å². The average Bonchev–Trinajstić information content (AvgIpc) is 2.91. The van der Waals surface area contributed by atoms with Gasteiger partial charge in [-0.25, -0.2) is 4.98 Å². The van der Waals surface area contributed by atoms with E-state index in [2.05, 4.69) is 16.4 Å². The van der Waals surface area contributed by atoms with E-state index >= 15 is 0 Å². The van der Waals surface area contributed by atoms with Crippen molar-refractivity contribution < 1.29 is 5.11 Å². The van der Waals surface area contributed by atoms with Crippen LogP contribution in [0.1, 0.15) is 11.6 Å². The summed E-state index contributed by atoms with van der Waals surface area (Å²) < 4.78 is 1.93. The zero-order chi connectivity index (χ0) is 16.0. The molecule has 0 spiro atoms. The first-order chi connectivity index (χ1) is 11.2. The van der Waals surface area contributed by atoms with Gasteiger partial charge in [0.25, 0.3) is 0 Å². The van der Waals surface area contributed by atoms with Crippen molar-refractivity contribution in [3.05, 3.63) is 65.5 Å². The number of aromatic nitrogens is 2. The average molecular weight is 303 g/mol. The number of nitrogens with zero attached hydrogens (tertiary/aromatic N) is 3. The Morgan fingerprint density at radius 1 is 1.22 bits per heavy atom. The van der Waals surface area contributed by atoms with Gasteiger partial charge in [-0.2, -0.15) is 5.26 Å². The first-order valence-electron chi connectivity index (χ1n) is 7.11. The van der Waals surface area contributed by atoms with Crippen LogP contribution in [-0.4, -0.2) is 14.7 Å². The van der Waals surface area contributed by atoms with Crippen molar-refractivity contribution in [3.8, 4) is 11.8 Å². The number of nitrogens with one attached hydrogen (secondary N) is 1. The topological polar surface area (TPSA) is 99.9 Å². The Balaban J connectivity index is 2.04. The Bertz CT molecular complexity index is 996. The van der Waals surface area contributed by atoms with Crippen molar-refractivity contribution in [1.82, 2.24) is 9.55 Å². The molecule has 0 saturated carbocycles. The van der Waals surface area contributed by atoms with Gasteiger partial charge in [0.05, 0.1) is 16.6 Å². The van der Waals surface area contributed by atoms with Crippen molar-refractivity contribution >= 4 is 17.0 Å². The van der Waals surface area contributed by atoms with Gasteiger partial charge in [-0.1, -0.05) is 24.3 Å². The summed E-state index contributed by atoms with van der Waals surface area (Å²) in [6.07, 6.45) is 0. The van der Waals surface area contributed by atoms with Crippen LogP contribution in [0.15, 0.2) is 59.9 Å². The molecule has 4 N–H and O–H groups in total. The predicted molar refractivity (Wildman–Crippen MR) is 86.4 cm³/mol. The number of hydrogen-bond donors (Lipinski definition) is 3. The number of hydrogen-bond acceptors (Lipinski definition) is 5. The lowest BCUT2D eigenvalue weighted by atomic mass is 9.97. The molecule has 2 aromatic carbocycles. The summed E-state index contributed by atoms with van der Waals surface area (Å²) in [6, 6.07) is 16.3. The summed E-state index contributed by atoms with van der Waals surface area (Å²) in [6.45, 7) is 0. The minimum absolute atomic E-state index is 0.142. The van der Waals surface area contributed by atoms with Crippen molar-refractivity contribution in [3.63, 3.8) is 0 Å². The predicted octanol–water partition coefficient (Wildman–Crippen LogP) is 2.45. The molecule has 1 aliphatic rings. The van der Waals surface area contributed by atoms with E-state index in [0.29, 0.717) is 11.5 Å². The summed E-state index contributed by atoms with van der Waals surface area (Å²) in [5.41, 5.74) is 8.89. The highest BCUT2D eigenvalue weighted by molar-refractivity contribution is 5.80. The number of rotatable bonds is 1. The van der Waals surface area contributed by atoms with Crippen LogP contribution in [0, 0.1) is 11.3 Å². The van der Waals surface area contributed by atoms with E-state index in [9.17, 15) is 10.4 Å². The van der Waals surface area contributed by atoms with Gasteiger partial charge in [0, 0.05) is 0 Å². The zero-order valence-corrected chi connectivity index (χ0v) is 12.1. The highest BCUT2D eigenvalue weighted by Crippen LogP contribution is 2.38. The first-order valence-corrected chi connectivity index (χ1v) is 7.11. The summed E-state index contributed by atoms with van der Waals surface area (Å²) in [7, 11) is 0. The lowest BCUT2D eigenvalue weighted by molar-refractivity contribution is 0.473. The number of nitriles is 1. The molecule has 0 amide bonds. The third-order valence-corrected chi connectivity index (χ3v) is 3.97. The van der Waals surface area contributed by atoms with Crippen molar-refractivity contribution in [2.24, 2.45) is 5.73 Å². The molecule has 1 unspecified atom stereocenters. The molecular weight excluding hydrogens is 290 g/mol. The third-order valence-electron chi connectivity index (χ3n) is 3.97. The number of anilines is 1. The molecule has 0 fully saturated rings. The van der Waals surface area contributed by atoms with Gasteiger partial charge < -0.3 is 16.2 Å². The van der Waals surface area contributed by atoms with E-state index in [4.69, 9.17) is 5.73 Å². The molecular formula is C17H13N5O. The minimum atomic E-state index is -0.434. The van der Waals surface area contributed by atoms with Crippen LogP contribution in [0.25, 0.3) is 11.0 Å². The number of fused-ring (bicyclic) bond motifs is 3. The van der Waals surface area contributed by atoms with E-state index in [1.54, 1.807) is 18.2 Å². The van der Waals surface area contributed by atoms with Crippen LogP contribution in [-0.2, 0) is 0 Å². The van der Waals surface area contributed by atoms with Gasteiger partial charge in [-0.15, -0.1) is 0 Å². The zero-order valence-electron chi connectivity index (χ0n) is 12.1. The minimum Gasteiger partial charge on any atom is -0.508 e. The largest absolute Gasteiger partial charge is 0.508 e. The standard InChI is InChI=1S/C17H13N5O/c18-9-12-15(10-4-3-5-11(23)8-10)22-14-7-2-1-6-13(14)20-17(22)21-16(12)19/h1-8,15,23H,19H2,(H,20,21). The maximum atomic E-state index is 9.81. The molecule has 2 heterocycles. The van der Waals surface area contributed by atoms with E-state index in [0.717, 1.165) is 16.6 Å². The highest BCUT2D eigenvalue weighted by Gasteiger charge is 2.31. The van der Waals surface area contributed by atoms with Crippen LogP contribution in [0.5, 0.6) is 5.75 Å². The fourth-order valence-electron chi connectivity index (χ4n) is 2.99. The second-order valence-corrected chi connectivity index (χ2v) is 5.36. The van der Waals surface area contributed by atoms with Crippen molar-refractivity contribution in [2.45, 2.75) is 6.04 Å². The molecule has 3 aromatic rings. The molecule has 0 bridgehead atoms. The first kappa shape index (κ1) is 13.2. The molecule has 6 heteroatoms. The molecule has 23 heavy (non-hydrogen) atoms. The second-order valence-electron chi connectivity index (χ2n) is 5.36. The van der Waals surface area contributed by atoms with Gasteiger partial charge in [0.2, 0.25) is 5.95 Å². The number of aromatic hydroxyl groups is 1. The van der Waals surface area contributed by atoms with Crippen LogP contribution < -0.4 is 11.1 Å². The monoisotopic (exact) mass is 303 g/mol. The van der Waals surface area contributed by atoms with E-state index in [1.807, 2.05) is 34.9 Å². The van der Waals surface area contributed by atoms with Gasteiger partial charge in [-0.3, -0.25) is 4.57 Å². The maximum Gasteiger partial charge on any atom is 0.210 e. The maximum absolute atomic E-state index is 9.81. The number of phenolic OH excluding ortho intramolecular Hbond substituents is 1. The van der Waals surface area contributed by atoms with Gasteiger partial charge in [-0.05, 0) is 29.8 Å². The van der Waals surface area contributed by atoms with Gasteiger partial charge >= 0.3 is 0 Å².